The summed E-state index contributed by atoms with van der Waals surface area (Å²) in [6, 6.07) is 21.7. The van der Waals surface area contributed by atoms with Gasteiger partial charge in [0.15, 0.2) is 0 Å². The second kappa shape index (κ2) is 7.09. The fourth-order valence-corrected chi connectivity index (χ4v) is 3.05. The quantitative estimate of drug-likeness (QED) is 0.626. The monoisotopic (exact) mass is 333 g/mol. The van der Waals surface area contributed by atoms with E-state index >= 15 is 0 Å². The highest BCUT2D eigenvalue weighted by atomic mass is 16.3. The molecule has 3 rings (SSSR count). The number of phenols is 2. The lowest BCUT2D eigenvalue weighted by atomic mass is 9.82. The largest absolute Gasteiger partial charge is 0.508 e. The molecule has 126 valence electrons. The van der Waals surface area contributed by atoms with Crippen LogP contribution in [0.1, 0.15) is 28.2 Å². The lowest BCUT2D eigenvalue weighted by molar-refractivity contribution is -0.117. The zero-order valence-electron chi connectivity index (χ0n) is 13.6. The van der Waals surface area contributed by atoms with E-state index in [1.54, 1.807) is 24.3 Å². The van der Waals surface area contributed by atoms with Crippen molar-refractivity contribution in [2.45, 2.75) is 12.3 Å². The lowest BCUT2D eigenvalue weighted by Crippen LogP contribution is -2.16. The van der Waals surface area contributed by atoms with E-state index in [1.165, 1.54) is 0 Å². The Kier molecular flexibility index (Phi) is 4.70. The van der Waals surface area contributed by atoms with Crippen molar-refractivity contribution in [3.8, 4) is 11.5 Å². The molecule has 0 aliphatic rings. The van der Waals surface area contributed by atoms with Crippen LogP contribution in [0.4, 0.5) is 0 Å². The minimum absolute atomic E-state index is 0.142. The Hall–Kier alpha value is -3.27. The summed E-state index contributed by atoms with van der Waals surface area (Å²) in [6.07, 6.45) is 0.156. The van der Waals surface area contributed by atoms with Crippen molar-refractivity contribution in [2.24, 2.45) is 5.73 Å². The standard InChI is InChI=1S/C21H19NO3/c22-20(25)13-16-3-1-2-4-19(16)21(14-5-9-17(23)10-6-14)15-7-11-18(24)12-8-15/h1-12,21,23-24H,13H2,(H2,22,25). The van der Waals surface area contributed by atoms with Gasteiger partial charge in [0.2, 0.25) is 5.91 Å². The molecular weight excluding hydrogens is 314 g/mol. The molecule has 25 heavy (non-hydrogen) atoms. The Labute approximate surface area is 146 Å². The summed E-state index contributed by atoms with van der Waals surface area (Å²) in [7, 11) is 0. The average molecular weight is 333 g/mol. The first-order valence-corrected chi connectivity index (χ1v) is 7.98. The molecule has 4 nitrogen and oxygen atoms in total. The Morgan fingerprint density at radius 3 is 1.76 bits per heavy atom. The van der Waals surface area contributed by atoms with Crippen molar-refractivity contribution in [3.05, 3.63) is 95.1 Å². The van der Waals surface area contributed by atoms with Crippen LogP contribution in [0.3, 0.4) is 0 Å². The normalized spacial score (nSPS) is 10.8. The van der Waals surface area contributed by atoms with Gasteiger partial charge in [-0.25, -0.2) is 0 Å². The maximum absolute atomic E-state index is 11.5. The predicted molar refractivity (Wildman–Crippen MR) is 96.5 cm³/mol. The molecule has 0 unspecified atom stereocenters. The smallest absolute Gasteiger partial charge is 0.221 e. The van der Waals surface area contributed by atoms with Crippen molar-refractivity contribution in [2.75, 3.05) is 0 Å². The van der Waals surface area contributed by atoms with Crippen LogP contribution in [-0.2, 0) is 11.2 Å². The van der Waals surface area contributed by atoms with Gasteiger partial charge in [-0.2, -0.15) is 0 Å². The summed E-state index contributed by atoms with van der Waals surface area (Å²) in [5.41, 5.74) is 9.18. The van der Waals surface area contributed by atoms with Gasteiger partial charge < -0.3 is 15.9 Å². The summed E-state index contributed by atoms with van der Waals surface area (Å²) in [5.74, 6) is -0.142. The Morgan fingerprint density at radius 2 is 1.28 bits per heavy atom. The summed E-state index contributed by atoms with van der Waals surface area (Å²) >= 11 is 0. The molecule has 3 aromatic rings. The van der Waals surface area contributed by atoms with E-state index in [2.05, 4.69) is 0 Å². The van der Waals surface area contributed by atoms with Gasteiger partial charge in [0.05, 0.1) is 6.42 Å². The zero-order chi connectivity index (χ0) is 17.8. The van der Waals surface area contributed by atoms with Crippen LogP contribution in [0.25, 0.3) is 0 Å². The predicted octanol–water partition coefficient (Wildman–Crippen LogP) is 3.31. The highest BCUT2D eigenvalue weighted by molar-refractivity contribution is 5.77. The molecule has 0 aliphatic heterocycles. The first kappa shape index (κ1) is 16.6. The second-order valence-corrected chi connectivity index (χ2v) is 5.96. The fraction of sp³-hybridized carbons (Fsp3) is 0.0952. The minimum Gasteiger partial charge on any atom is -0.508 e. The molecular formula is C21H19NO3. The summed E-state index contributed by atoms with van der Waals surface area (Å²) in [5, 5.41) is 19.2. The maximum Gasteiger partial charge on any atom is 0.221 e. The number of phenolic OH excluding ortho intramolecular Hbond substituents is 2. The zero-order valence-corrected chi connectivity index (χ0v) is 13.6. The van der Waals surface area contributed by atoms with Crippen molar-refractivity contribution in [1.82, 2.24) is 0 Å². The van der Waals surface area contributed by atoms with Gasteiger partial charge in [0.1, 0.15) is 11.5 Å². The number of benzene rings is 3. The molecule has 0 radical (unpaired) electrons. The third-order valence-corrected chi connectivity index (χ3v) is 4.18. The molecule has 4 heteroatoms. The number of nitrogens with two attached hydrogens (primary N) is 1. The van der Waals surface area contributed by atoms with Gasteiger partial charge in [0, 0.05) is 5.92 Å². The van der Waals surface area contributed by atoms with Gasteiger partial charge in [0.25, 0.3) is 0 Å². The molecule has 3 aromatic carbocycles. The third kappa shape index (κ3) is 3.80. The Bertz CT molecular complexity index is 825. The van der Waals surface area contributed by atoms with Crippen molar-refractivity contribution >= 4 is 5.91 Å². The SMILES string of the molecule is NC(=O)Cc1ccccc1C(c1ccc(O)cc1)c1ccc(O)cc1. The number of aromatic hydroxyl groups is 2. The van der Waals surface area contributed by atoms with E-state index in [-0.39, 0.29) is 29.7 Å². The molecule has 0 spiro atoms. The molecule has 0 fully saturated rings. The van der Waals surface area contributed by atoms with E-state index in [0.29, 0.717) is 0 Å². The van der Waals surface area contributed by atoms with Crippen LogP contribution in [-0.4, -0.2) is 16.1 Å². The number of amides is 1. The van der Waals surface area contributed by atoms with Crippen molar-refractivity contribution in [3.63, 3.8) is 0 Å². The van der Waals surface area contributed by atoms with Crippen molar-refractivity contribution < 1.29 is 15.0 Å². The summed E-state index contributed by atoms with van der Waals surface area (Å²) in [4.78, 5) is 11.5. The van der Waals surface area contributed by atoms with Crippen molar-refractivity contribution in [1.29, 1.82) is 0 Å². The number of primary amides is 1. The molecule has 0 saturated carbocycles. The van der Waals surface area contributed by atoms with Gasteiger partial charge in [-0.1, -0.05) is 48.5 Å². The number of rotatable bonds is 5. The lowest BCUT2D eigenvalue weighted by Gasteiger charge is -2.22. The van der Waals surface area contributed by atoms with Crippen LogP contribution in [0.5, 0.6) is 11.5 Å². The molecule has 0 bridgehead atoms. The van der Waals surface area contributed by atoms with E-state index in [0.717, 1.165) is 22.3 Å². The van der Waals surface area contributed by atoms with Crippen LogP contribution >= 0.6 is 0 Å². The molecule has 0 atom stereocenters. The number of hydrogen-bond donors (Lipinski definition) is 3. The van der Waals surface area contributed by atoms with E-state index in [9.17, 15) is 15.0 Å². The Morgan fingerprint density at radius 1 is 0.800 bits per heavy atom. The van der Waals surface area contributed by atoms with E-state index in [1.807, 2.05) is 48.5 Å². The summed E-state index contributed by atoms with van der Waals surface area (Å²) in [6.45, 7) is 0. The number of carbonyl (C=O) groups is 1. The molecule has 4 N–H and O–H groups in total. The van der Waals surface area contributed by atoms with Crippen LogP contribution < -0.4 is 5.73 Å². The van der Waals surface area contributed by atoms with E-state index < -0.39 is 0 Å². The molecule has 1 amide bonds. The number of carbonyl (C=O) groups excluding carboxylic acids is 1. The molecule has 0 saturated heterocycles. The van der Waals surface area contributed by atoms with E-state index in [4.69, 9.17) is 5.73 Å². The van der Waals surface area contributed by atoms with Gasteiger partial charge in [-0.05, 0) is 46.5 Å². The van der Waals surface area contributed by atoms with Gasteiger partial charge >= 0.3 is 0 Å². The molecule has 0 heterocycles. The Balaban J connectivity index is 2.16. The topological polar surface area (TPSA) is 83.6 Å². The number of hydrogen-bond acceptors (Lipinski definition) is 3. The van der Waals surface area contributed by atoms with Crippen LogP contribution in [0, 0.1) is 0 Å². The molecule has 0 aromatic heterocycles. The van der Waals surface area contributed by atoms with Gasteiger partial charge in [-0.15, -0.1) is 0 Å². The average Bonchev–Trinajstić information content (AvgIpc) is 2.59. The third-order valence-electron chi connectivity index (χ3n) is 4.18. The maximum atomic E-state index is 11.5. The van der Waals surface area contributed by atoms with Crippen LogP contribution in [0.15, 0.2) is 72.8 Å². The van der Waals surface area contributed by atoms with Crippen LogP contribution in [0.2, 0.25) is 0 Å². The first-order valence-electron chi connectivity index (χ1n) is 7.98. The van der Waals surface area contributed by atoms with Gasteiger partial charge in [-0.3, -0.25) is 4.79 Å². The first-order chi connectivity index (χ1) is 12.0. The highest BCUT2D eigenvalue weighted by Gasteiger charge is 2.20. The summed E-state index contributed by atoms with van der Waals surface area (Å²) < 4.78 is 0. The minimum atomic E-state index is -0.386. The highest BCUT2D eigenvalue weighted by Crippen LogP contribution is 2.35. The second-order valence-electron chi connectivity index (χ2n) is 5.96. The molecule has 0 aliphatic carbocycles. The fourth-order valence-electron chi connectivity index (χ4n) is 3.05.